The molecule has 0 spiro atoms. The molecule has 0 bridgehead atoms. The Labute approximate surface area is 272 Å². The van der Waals surface area contributed by atoms with Crippen LogP contribution < -0.4 is 10.2 Å². The molecule has 0 aliphatic rings. The molecule has 236 valence electrons. The van der Waals surface area contributed by atoms with Gasteiger partial charge in [-0.25, -0.2) is 0 Å². The van der Waals surface area contributed by atoms with Gasteiger partial charge in [-0.2, -0.15) is 0 Å². The van der Waals surface area contributed by atoms with E-state index < -0.39 is 11.9 Å². The third-order valence-electron chi connectivity index (χ3n) is 6.48. The maximum absolute atomic E-state index is 10.7. The third-order valence-corrected chi connectivity index (χ3v) is 6.48. The monoisotopic (exact) mass is 680 g/mol. The van der Waals surface area contributed by atoms with Crippen molar-refractivity contribution in [1.82, 2.24) is 0 Å². The number of aromatic carboxylic acids is 1. The Balaban J connectivity index is -0.000000267. The predicted octanol–water partition coefficient (Wildman–Crippen LogP) is 8.86. The van der Waals surface area contributed by atoms with Crippen molar-refractivity contribution in [2.45, 2.75) is 169 Å². The number of hydrogen-bond donors (Lipinski definition) is 0. The molecule has 1 aromatic carbocycles. The largest absolute Gasteiger partial charge is 2.00 e. The van der Waals surface area contributed by atoms with Crippen LogP contribution in [0.1, 0.15) is 178 Å². The molecule has 41 heavy (non-hydrogen) atoms. The van der Waals surface area contributed by atoms with Gasteiger partial charge in [-0.3, -0.25) is 0 Å². The number of carboxylic acid groups (broad SMARTS) is 2. The third kappa shape index (κ3) is 41.2. The zero-order chi connectivity index (χ0) is 30.7. The van der Waals surface area contributed by atoms with E-state index >= 15 is 0 Å². The van der Waals surface area contributed by atoms with Crippen molar-refractivity contribution in [3.8, 4) is 0 Å². The summed E-state index contributed by atoms with van der Waals surface area (Å²) in [5, 5.41) is 20.9. The van der Waals surface area contributed by atoms with E-state index in [0.717, 1.165) is 50.5 Å². The van der Waals surface area contributed by atoms with Gasteiger partial charge in [0.15, 0.2) is 0 Å². The summed E-state index contributed by atoms with van der Waals surface area (Å²) in [6, 6.07) is 7.03. The van der Waals surface area contributed by atoms with Gasteiger partial charge in [-0.1, -0.05) is 181 Å². The zero-order valence-electron chi connectivity index (χ0n) is 27.4. The average Bonchev–Trinajstić information content (AvgIpc) is 2.96. The van der Waals surface area contributed by atoms with Crippen LogP contribution in [0, 0.1) is 13.8 Å². The Morgan fingerprint density at radius 1 is 0.585 bits per heavy atom. The fourth-order valence-corrected chi connectivity index (χ4v) is 3.77. The number of carboxylic acids is 2. The van der Waals surface area contributed by atoms with Gasteiger partial charge < -0.3 is 19.8 Å². The summed E-state index contributed by atoms with van der Waals surface area (Å²) in [6.07, 6.45) is 25.9. The fraction of sp³-hybridized carbons (Fsp3) is 0.722. The summed E-state index contributed by atoms with van der Waals surface area (Å²) >= 11 is 0. The Morgan fingerprint density at radius 3 is 1.29 bits per heavy atom. The van der Waals surface area contributed by atoms with Gasteiger partial charge >= 0.3 is 23.9 Å². The normalized spacial score (nSPS) is 9.61. The van der Waals surface area contributed by atoms with Crippen molar-refractivity contribution in [3.05, 3.63) is 49.2 Å². The van der Waals surface area contributed by atoms with Crippen LogP contribution in [0.15, 0.2) is 24.3 Å². The molecule has 0 unspecified atom stereocenters. The molecule has 1 aromatic rings. The molecule has 5 heteroatoms. The molecular formula is C36H64O4Sn. The van der Waals surface area contributed by atoms with Crippen molar-refractivity contribution in [2.75, 3.05) is 0 Å². The van der Waals surface area contributed by atoms with E-state index in [-0.39, 0.29) is 30.3 Å². The van der Waals surface area contributed by atoms with Gasteiger partial charge in [-0.15, -0.1) is 0 Å². The molecular weight excluding hydrogens is 615 g/mol. The average molecular weight is 680 g/mol. The molecule has 0 fully saturated rings. The fourth-order valence-electron chi connectivity index (χ4n) is 3.77. The smallest absolute Gasteiger partial charge is 0.550 e. The molecule has 0 amide bonds. The van der Waals surface area contributed by atoms with E-state index in [1.54, 1.807) is 12.1 Å². The van der Waals surface area contributed by atoms with Crippen LogP contribution in [0.5, 0.6) is 0 Å². The van der Waals surface area contributed by atoms with Gasteiger partial charge in [0, 0.05) is 11.5 Å². The number of unbranched alkanes of at least 4 members (excludes halogenated alkanes) is 16. The maximum Gasteiger partial charge on any atom is 2.00 e. The molecule has 0 atom stereocenters. The van der Waals surface area contributed by atoms with E-state index in [1.807, 2.05) is 12.1 Å². The minimum absolute atomic E-state index is 0. The zero-order valence-corrected chi connectivity index (χ0v) is 30.3. The quantitative estimate of drug-likeness (QED) is 0.0961. The molecule has 0 aromatic heterocycles. The van der Waals surface area contributed by atoms with Crippen molar-refractivity contribution >= 4 is 35.8 Å². The molecule has 0 aliphatic heterocycles. The summed E-state index contributed by atoms with van der Waals surface area (Å²) in [5.74, 6) is -1.98. The van der Waals surface area contributed by atoms with Crippen LogP contribution in [0.4, 0.5) is 0 Å². The summed E-state index contributed by atoms with van der Waals surface area (Å²) in [4.78, 5) is 20.9. The van der Waals surface area contributed by atoms with Gasteiger partial charge in [-0.05, 0) is 31.2 Å². The van der Waals surface area contributed by atoms with Crippen molar-refractivity contribution in [2.24, 2.45) is 0 Å². The van der Waals surface area contributed by atoms with Crippen LogP contribution in [0.2, 0.25) is 0 Å². The van der Waals surface area contributed by atoms with Gasteiger partial charge in [0.2, 0.25) is 0 Å². The second kappa shape index (κ2) is 41.1. The second-order valence-electron chi connectivity index (χ2n) is 10.5. The molecule has 0 N–H and O–H groups in total. The first-order valence-corrected chi connectivity index (χ1v) is 16.4. The molecule has 0 saturated heterocycles. The number of aliphatic carboxylic acids is 1. The Kier molecular flexibility index (Phi) is 47.0. The molecule has 4 nitrogen and oxygen atoms in total. The van der Waals surface area contributed by atoms with E-state index in [2.05, 4.69) is 41.5 Å². The van der Waals surface area contributed by atoms with Crippen LogP contribution >= 0.6 is 0 Å². The summed E-state index contributed by atoms with van der Waals surface area (Å²) in [5.41, 5.74) is 1.21. The standard InChI is InChI=1S/C17H34O2.C11H14O2.2C4H9.Sn/c1-2-3-4-5-6-7-8-9-10-11-12-13-14-15-16-17(18)19;1-2-3-6-9-7-4-5-8-10(9)11(12)13;2*1-3-4-2;/h2-16H2,1H3,(H,18,19);4-5,7-8H,2-3,6H2,1H3,(H,12,13);2*1,3-4H2,2H3;/q;;;;+2/p-2. The summed E-state index contributed by atoms with van der Waals surface area (Å²) in [7, 11) is 0. The van der Waals surface area contributed by atoms with Crippen molar-refractivity contribution in [1.29, 1.82) is 0 Å². The Morgan fingerprint density at radius 2 is 0.951 bits per heavy atom. The first kappa shape index (κ1) is 46.9. The van der Waals surface area contributed by atoms with Crippen LogP contribution in [-0.2, 0) is 11.2 Å². The van der Waals surface area contributed by atoms with Gasteiger partial charge in [0.1, 0.15) is 0 Å². The maximum atomic E-state index is 10.7. The van der Waals surface area contributed by atoms with Gasteiger partial charge in [0.05, 0.1) is 5.97 Å². The van der Waals surface area contributed by atoms with Crippen LogP contribution in [-0.4, -0.2) is 35.8 Å². The molecule has 0 heterocycles. The van der Waals surface area contributed by atoms with Crippen LogP contribution in [0.25, 0.3) is 0 Å². The number of hydrogen-bond acceptors (Lipinski definition) is 4. The van der Waals surface area contributed by atoms with E-state index in [4.69, 9.17) is 0 Å². The SMILES string of the molecule is CCCCCCCCCCCCCCCCC(=O)[O-].CCCCc1ccccc1C(=O)[O-].[CH2]CCC.[CH2]CCC.[Sn+2]. The van der Waals surface area contributed by atoms with Gasteiger partial charge in [0.25, 0.3) is 0 Å². The summed E-state index contributed by atoms with van der Waals surface area (Å²) < 4.78 is 0. The van der Waals surface area contributed by atoms with E-state index in [0.29, 0.717) is 5.56 Å². The minimum atomic E-state index is -1.08. The number of benzene rings is 1. The molecule has 0 aliphatic carbocycles. The van der Waals surface area contributed by atoms with E-state index in [9.17, 15) is 19.8 Å². The van der Waals surface area contributed by atoms with Crippen molar-refractivity contribution in [3.63, 3.8) is 0 Å². The number of carbonyl (C=O) groups excluding carboxylic acids is 2. The number of carbonyl (C=O) groups is 2. The molecule has 4 radical (unpaired) electrons. The topological polar surface area (TPSA) is 80.3 Å². The van der Waals surface area contributed by atoms with Crippen molar-refractivity contribution < 1.29 is 19.8 Å². The summed E-state index contributed by atoms with van der Waals surface area (Å²) in [6.45, 7) is 15.8. The van der Waals surface area contributed by atoms with E-state index in [1.165, 1.54) is 89.9 Å². The molecule has 0 saturated carbocycles. The first-order valence-electron chi connectivity index (χ1n) is 16.4. The van der Waals surface area contributed by atoms with Crippen LogP contribution in [0.3, 0.4) is 0 Å². The Bertz CT molecular complexity index is 640. The predicted molar refractivity (Wildman–Crippen MR) is 176 cm³/mol. The minimum Gasteiger partial charge on any atom is -0.550 e. The number of aryl methyl sites for hydroxylation is 1. The first-order chi connectivity index (χ1) is 19.4. The molecule has 1 rings (SSSR count). The second-order valence-corrected chi connectivity index (χ2v) is 10.5. The number of rotatable bonds is 21. The Hall–Kier alpha value is -1.04.